The Morgan fingerprint density at radius 2 is 1.72 bits per heavy atom. The monoisotopic (exact) mass is 528 g/mol. The zero-order chi connectivity index (χ0) is 27.9. The fraction of sp³-hybridized carbons (Fsp3) is 0.267. The van der Waals surface area contributed by atoms with E-state index in [-0.39, 0.29) is 12.3 Å². The first kappa shape index (κ1) is 27.3. The van der Waals surface area contributed by atoms with Crippen LogP contribution in [0.5, 0.6) is 0 Å². The van der Waals surface area contributed by atoms with E-state index in [1.165, 1.54) is 24.3 Å². The zero-order valence-corrected chi connectivity index (χ0v) is 21.5. The summed E-state index contributed by atoms with van der Waals surface area (Å²) in [6, 6.07) is 18.2. The minimum absolute atomic E-state index is 0.0149. The molecule has 1 atom stereocenters. The summed E-state index contributed by atoms with van der Waals surface area (Å²) in [5, 5.41) is 23.6. The van der Waals surface area contributed by atoms with E-state index in [0.717, 1.165) is 18.4 Å². The normalized spacial score (nSPS) is 14.2. The SMILES string of the molecule is Cc1ccc(C(=O)N2CCC(c3ccc(C#N)cc3)CC2)cc1NC(=O)NC(Cc1ccc(F)cc1)C(=O)O. The largest absolute Gasteiger partial charge is 0.480 e. The molecule has 0 saturated carbocycles. The van der Waals surface area contributed by atoms with E-state index < -0.39 is 23.9 Å². The highest BCUT2D eigenvalue weighted by molar-refractivity contribution is 5.98. The van der Waals surface area contributed by atoms with Gasteiger partial charge in [0.1, 0.15) is 11.9 Å². The fourth-order valence-electron chi connectivity index (χ4n) is 4.69. The van der Waals surface area contributed by atoms with Gasteiger partial charge in [0.25, 0.3) is 5.91 Å². The molecule has 8 nitrogen and oxygen atoms in total. The number of piperidine rings is 1. The molecule has 1 unspecified atom stereocenters. The Balaban J connectivity index is 1.37. The Labute approximate surface area is 226 Å². The second kappa shape index (κ2) is 12.2. The Bertz CT molecular complexity index is 1390. The van der Waals surface area contributed by atoms with Crippen molar-refractivity contribution in [3.05, 3.63) is 100 Å². The van der Waals surface area contributed by atoms with Gasteiger partial charge in [0.2, 0.25) is 0 Å². The predicted molar refractivity (Wildman–Crippen MR) is 144 cm³/mol. The second-order valence-corrected chi connectivity index (χ2v) is 9.65. The van der Waals surface area contributed by atoms with Crippen molar-refractivity contribution in [2.75, 3.05) is 18.4 Å². The molecule has 39 heavy (non-hydrogen) atoms. The Hall–Kier alpha value is -4.71. The van der Waals surface area contributed by atoms with E-state index in [1.54, 1.807) is 30.0 Å². The van der Waals surface area contributed by atoms with Crippen LogP contribution < -0.4 is 10.6 Å². The van der Waals surface area contributed by atoms with Crippen molar-refractivity contribution in [2.45, 2.75) is 38.1 Å². The van der Waals surface area contributed by atoms with Crippen LogP contribution in [0, 0.1) is 24.1 Å². The Kier molecular flexibility index (Phi) is 8.56. The summed E-state index contributed by atoms with van der Waals surface area (Å²) in [4.78, 5) is 39.4. The standard InChI is InChI=1S/C30H29FN4O4/c1-19-2-7-24(28(36)35-14-12-23(13-15-35)22-8-3-21(18-32)4-9-22)17-26(19)33-30(39)34-27(29(37)38)16-20-5-10-25(31)11-6-20/h2-11,17,23,27H,12-16H2,1H3,(H,37,38)(H2,33,34,39). The maximum atomic E-state index is 13.2. The van der Waals surface area contributed by atoms with E-state index in [1.807, 2.05) is 24.3 Å². The van der Waals surface area contributed by atoms with Crippen molar-refractivity contribution in [3.8, 4) is 6.07 Å². The second-order valence-electron chi connectivity index (χ2n) is 9.65. The highest BCUT2D eigenvalue weighted by Crippen LogP contribution is 2.29. The number of amides is 3. The van der Waals surface area contributed by atoms with E-state index in [0.29, 0.717) is 46.9 Å². The highest BCUT2D eigenvalue weighted by atomic mass is 19.1. The average molecular weight is 529 g/mol. The molecule has 0 spiro atoms. The third-order valence-electron chi connectivity index (χ3n) is 6.98. The lowest BCUT2D eigenvalue weighted by molar-refractivity contribution is -0.139. The zero-order valence-electron chi connectivity index (χ0n) is 21.5. The maximum Gasteiger partial charge on any atom is 0.326 e. The number of nitrogens with zero attached hydrogens (tertiary/aromatic N) is 2. The van der Waals surface area contributed by atoms with Gasteiger partial charge in [0, 0.05) is 30.8 Å². The molecule has 0 radical (unpaired) electrons. The molecule has 3 amide bonds. The van der Waals surface area contributed by atoms with Crippen LogP contribution in [0.25, 0.3) is 0 Å². The molecule has 3 aromatic carbocycles. The summed E-state index contributed by atoms with van der Waals surface area (Å²) < 4.78 is 13.2. The predicted octanol–water partition coefficient (Wildman–Crippen LogP) is 4.84. The van der Waals surface area contributed by atoms with Crippen molar-refractivity contribution in [2.24, 2.45) is 0 Å². The van der Waals surface area contributed by atoms with Gasteiger partial charge in [-0.15, -0.1) is 0 Å². The van der Waals surface area contributed by atoms with E-state index in [2.05, 4.69) is 16.7 Å². The highest BCUT2D eigenvalue weighted by Gasteiger charge is 2.25. The van der Waals surface area contributed by atoms with Crippen LogP contribution in [0.4, 0.5) is 14.9 Å². The van der Waals surface area contributed by atoms with Crippen molar-refractivity contribution < 1.29 is 23.9 Å². The van der Waals surface area contributed by atoms with Crippen LogP contribution in [-0.4, -0.2) is 47.0 Å². The van der Waals surface area contributed by atoms with E-state index in [9.17, 15) is 23.9 Å². The number of halogens is 1. The minimum atomic E-state index is -1.22. The van der Waals surface area contributed by atoms with Gasteiger partial charge in [-0.1, -0.05) is 30.3 Å². The van der Waals surface area contributed by atoms with Gasteiger partial charge in [-0.2, -0.15) is 5.26 Å². The molecule has 1 saturated heterocycles. The number of benzene rings is 3. The quantitative estimate of drug-likeness (QED) is 0.405. The Morgan fingerprint density at radius 3 is 2.33 bits per heavy atom. The first-order chi connectivity index (χ1) is 18.7. The van der Waals surface area contributed by atoms with Crippen molar-refractivity contribution in [1.29, 1.82) is 5.26 Å². The average Bonchev–Trinajstić information content (AvgIpc) is 2.94. The fourth-order valence-corrected chi connectivity index (χ4v) is 4.69. The number of carbonyl (C=O) groups is 3. The molecular weight excluding hydrogens is 499 g/mol. The van der Waals surface area contributed by atoms with Crippen LogP contribution in [0.1, 0.15) is 51.4 Å². The molecule has 9 heteroatoms. The smallest absolute Gasteiger partial charge is 0.326 e. The number of likely N-dealkylation sites (tertiary alicyclic amines) is 1. The molecule has 0 bridgehead atoms. The lowest BCUT2D eigenvalue weighted by Gasteiger charge is -2.32. The van der Waals surface area contributed by atoms with Crippen molar-refractivity contribution in [3.63, 3.8) is 0 Å². The van der Waals surface area contributed by atoms with Crippen LogP contribution in [0.3, 0.4) is 0 Å². The first-order valence-electron chi connectivity index (χ1n) is 12.7. The Morgan fingerprint density at radius 1 is 1.05 bits per heavy atom. The molecule has 1 aliphatic rings. The summed E-state index contributed by atoms with van der Waals surface area (Å²) >= 11 is 0. The molecule has 1 aliphatic heterocycles. The number of hydrogen-bond acceptors (Lipinski definition) is 4. The van der Waals surface area contributed by atoms with Gasteiger partial charge in [0.05, 0.1) is 11.6 Å². The number of nitrogens with one attached hydrogen (secondary N) is 2. The first-order valence-corrected chi connectivity index (χ1v) is 12.7. The summed E-state index contributed by atoms with van der Waals surface area (Å²) in [5.74, 6) is -1.48. The van der Waals surface area contributed by atoms with E-state index in [4.69, 9.17) is 5.26 Å². The topological polar surface area (TPSA) is 123 Å². The van der Waals surface area contributed by atoms with Crippen LogP contribution in [-0.2, 0) is 11.2 Å². The summed E-state index contributed by atoms with van der Waals surface area (Å²) in [5.41, 5.74) is 3.89. The molecule has 3 N–H and O–H groups in total. The lowest BCUT2D eigenvalue weighted by Crippen LogP contribution is -2.44. The van der Waals surface area contributed by atoms with Crippen LogP contribution in [0.15, 0.2) is 66.7 Å². The van der Waals surface area contributed by atoms with Crippen LogP contribution >= 0.6 is 0 Å². The van der Waals surface area contributed by atoms with Gasteiger partial charge in [-0.3, -0.25) is 4.79 Å². The minimum Gasteiger partial charge on any atom is -0.480 e. The van der Waals surface area contributed by atoms with Crippen molar-refractivity contribution >= 4 is 23.6 Å². The van der Waals surface area contributed by atoms with Gasteiger partial charge in [-0.25, -0.2) is 14.0 Å². The van der Waals surface area contributed by atoms with Gasteiger partial charge in [0.15, 0.2) is 0 Å². The molecule has 3 aromatic rings. The molecule has 1 heterocycles. The number of hydrogen-bond donors (Lipinski definition) is 3. The third kappa shape index (κ3) is 6.99. The summed E-state index contributed by atoms with van der Waals surface area (Å²) in [6.07, 6.45) is 1.60. The van der Waals surface area contributed by atoms with Gasteiger partial charge in [-0.05, 0) is 78.8 Å². The summed E-state index contributed by atoms with van der Waals surface area (Å²) in [7, 11) is 0. The lowest BCUT2D eigenvalue weighted by atomic mass is 9.89. The number of aliphatic carboxylic acids is 1. The molecule has 200 valence electrons. The molecule has 1 fully saturated rings. The number of aryl methyl sites for hydroxylation is 1. The number of nitriles is 1. The maximum absolute atomic E-state index is 13.2. The molecule has 4 rings (SSSR count). The number of urea groups is 1. The van der Waals surface area contributed by atoms with Crippen molar-refractivity contribution in [1.82, 2.24) is 10.2 Å². The molecule has 0 aliphatic carbocycles. The number of carboxylic acid groups (broad SMARTS) is 1. The summed E-state index contributed by atoms with van der Waals surface area (Å²) in [6.45, 7) is 2.95. The number of rotatable bonds is 7. The van der Waals surface area contributed by atoms with Crippen LogP contribution in [0.2, 0.25) is 0 Å². The molecular formula is C30H29FN4O4. The third-order valence-corrected chi connectivity index (χ3v) is 6.98. The van der Waals surface area contributed by atoms with Gasteiger partial charge < -0.3 is 20.6 Å². The van der Waals surface area contributed by atoms with Gasteiger partial charge >= 0.3 is 12.0 Å². The van der Waals surface area contributed by atoms with E-state index >= 15 is 0 Å². The molecule has 0 aromatic heterocycles. The number of carbonyl (C=O) groups excluding carboxylic acids is 2. The number of anilines is 1. The number of carboxylic acids is 1.